The van der Waals surface area contributed by atoms with Crippen LogP contribution in [0.1, 0.15) is 43.0 Å². The molecule has 31 nitrogen and oxygen atoms in total. The molecule has 105 heavy (non-hydrogen) atoms. The number of aromatic nitrogens is 6. The van der Waals surface area contributed by atoms with Crippen molar-refractivity contribution in [3.05, 3.63) is 270 Å². The number of benzene rings is 7. The van der Waals surface area contributed by atoms with Gasteiger partial charge in [0.1, 0.15) is 56.8 Å². The van der Waals surface area contributed by atoms with Gasteiger partial charge in [-0.15, -0.1) is 0 Å². The number of nitrogen functional groups attached to an aromatic ring is 2. The van der Waals surface area contributed by atoms with Gasteiger partial charge in [-0.1, -0.05) is 137 Å². The monoisotopic (exact) mass is 1620 g/mol. The molecule has 0 aliphatic heterocycles. The smallest absolute Gasteiger partial charge is 0.492 e. The summed E-state index contributed by atoms with van der Waals surface area (Å²) in [5.74, 6) is 0.996. The molecule has 10 rings (SSSR count). The minimum atomic E-state index is -3.67. The molecule has 0 spiro atoms. The van der Waals surface area contributed by atoms with Crippen molar-refractivity contribution in [2.24, 2.45) is 15.4 Å². The fourth-order valence-corrected chi connectivity index (χ4v) is 11.5. The Kier molecular flexibility index (Phi) is 40.6. The lowest BCUT2D eigenvalue weighted by atomic mass is 9.80. The van der Waals surface area contributed by atoms with Crippen molar-refractivity contribution in [2.75, 3.05) is 31.3 Å². The second-order valence-corrected chi connectivity index (χ2v) is 29.4. The van der Waals surface area contributed by atoms with E-state index in [1.54, 1.807) is 84.9 Å². The second kappa shape index (κ2) is 46.5. The number of sulfonamides is 3. The minimum absolute atomic E-state index is 0. The van der Waals surface area contributed by atoms with Crippen molar-refractivity contribution >= 4 is 132 Å². The van der Waals surface area contributed by atoms with Crippen LogP contribution in [-0.2, 0) is 62.1 Å². The Bertz CT molecular complexity index is 4620. The molecule has 0 saturated carbocycles. The highest BCUT2D eigenvalue weighted by atomic mass is 35.7. The van der Waals surface area contributed by atoms with Crippen LogP contribution >= 0.6 is 57.1 Å². The van der Waals surface area contributed by atoms with Gasteiger partial charge in [-0.3, -0.25) is 20.2 Å². The van der Waals surface area contributed by atoms with E-state index in [-0.39, 0.29) is 29.0 Å². The van der Waals surface area contributed by atoms with Gasteiger partial charge < -0.3 is 41.9 Å². The van der Waals surface area contributed by atoms with E-state index in [2.05, 4.69) is 29.9 Å². The van der Waals surface area contributed by atoms with E-state index in [0.29, 0.717) is 85.3 Å². The van der Waals surface area contributed by atoms with Crippen molar-refractivity contribution < 1.29 is 67.8 Å². The molecule has 10 aromatic rings. The maximum absolute atomic E-state index is 10.7. The third-order valence-corrected chi connectivity index (χ3v) is 15.9. The Morgan fingerprint density at radius 2 is 0.724 bits per heavy atom. The summed E-state index contributed by atoms with van der Waals surface area (Å²) in [6.45, 7) is 7.50. The number of hydrogen-bond donors (Lipinski definition) is 8. The van der Waals surface area contributed by atoms with Gasteiger partial charge in [0.05, 0.1) is 64.1 Å². The van der Waals surface area contributed by atoms with Crippen LogP contribution in [0.3, 0.4) is 0 Å². The molecule has 15 N–H and O–H groups in total. The van der Waals surface area contributed by atoms with E-state index in [1.807, 2.05) is 69.3 Å². The number of rotatable bonds is 19. The number of halogens is 5. The highest BCUT2D eigenvalue weighted by Crippen LogP contribution is 2.30. The fourth-order valence-electron chi connectivity index (χ4n) is 7.96. The molecular formula is C64H72BCl5N14O17S4. The van der Waals surface area contributed by atoms with Crippen LogP contribution in [0, 0.1) is 20.2 Å². The molecule has 0 fully saturated rings. The van der Waals surface area contributed by atoms with E-state index < -0.39 is 67.6 Å². The standard InChI is InChI=1S/2C12H11ClN2O.C8H11BO3.C7H6ClNO4S.C7H8N2O4S.2C7H10N2O2S.C4H2Cl2N2.H3N/c2*1-2-16-11-6-4-3-5-9(11)10-7-12(13)15-8-14-10;1-2-12-8-6-4-3-5-7(8)9(10)11;2*8-14(12,13)5-6-2-1-3-7(4-6)9(10)11;2*8-7-3-1-2-6(4-7)5-12(9,10)11;5-3-1-4(6)8-2-7-3;/h2*3-8H,2H2,1H3;3-6,10-11H,2H2,1H3;1-4H,5H2;1-4H,5H2,(H2,8,12,13);2*1-4H,5,8H2,(H2,9,10,11);1-2H;1H3. The Morgan fingerprint density at radius 1 is 0.419 bits per heavy atom. The van der Waals surface area contributed by atoms with Crippen molar-refractivity contribution in [1.29, 1.82) is 0 Å². The largest absolute Gasteiger partial charge is 0.494 e. The summed E-state index contributed by atoms with van der Waals surface area (Å²) < 4.78 is 102. The number of anilines is 2. The third-order valence-electron chi connectivity index (χ3n) is 11.9. The van der Waals surface area contributed by atoms with Gasteiger partial charge in [0.25, 0.3) is 11.4 Å². The van der Waals surface area contributed by atoms with E-state index in [1.165, 1.54) is 73.6 Å². The predicted molar refractivity (Wildman–Crippen MR) is 409 cm³/mol. The molecule has 0 aliphatic carbocycles. The Hall–Kier alpha value is -9.35. The summed E-state index contributed by atoms with van der Waals surface area (Å²) >= 11 is 22.5. The van der Waals surface area contributed by atoms with Crippen molar-refractivity contribution in [3.63, 3.8) is 0 Å². The number of nitrogens with zero attached hydrogens (tertiary/aromatic N) is 8. The molecule has 3 aromatic heterocycles. The summed E-state index contributed by atoms with van der Waals surface area (Å²) in [6.07, 6.45) is 4.20. The number of para-hydroxylation sites is 3. The highest BCUT2D eigenvalue weighted by molar-refractivity contribution is 8.13. The zero-order valence-electron chi connectivity index (χ0n) is 55.9. The fraction of sp³-hybridized carbons (Fsp3) is 0.156. The predicted octanol–water partition coefficient (Wildman–Crippen LogP) is 10.3. The molecule has 7 aromatic carbocycles. The zero-order valence-corrected chi connectivity index (χ0v) is 62.9. The van der Waals surface area contributed by atoms with E-state index >= 15 is 0 Å². The molecule has 562 valence electrons. The average molecular weight is 1630 g/mol. The number of ether oxygens (including phenoxy) is 3. The zero-order chi connectivity index (χ0) is 77.6. The van der Waals surface area contributed by atoms with Gasteiger partial charge in [0.2, 0.25) is 39.1 Å². The molecular weight excluding hydrogens is 1550 g/mol. The highest BCUT2D eigenvalue weighted by Gasteiger charge is 2.17. The van der Waals surface area contributed by atoms with Gasteiger partial charge in [0, 0.05) is 81.1 Å². The van der Waals surface area contributed by atoms with Crippen LogP contribution in [0.5, 0.6) is 17.2 Å². The normalized spacial score (nSPS) is 10.5. The summed E-state index contributed by atoms with van der Waals surface area (Å²) in [7, 11) is -10.7. The lowest BCUT2D eigenvalue weighted by molar-refractivity contribution is -0.385. The van der Waals surface area contributed by atoms with Crippen LogP contribution in [0.15, 0.2) is 207 Å². The van der Waals surface area contributed by atoms with E-state index in [9.17, 15) is 53.9 Å². The average Bonchev–Trinajstić information content (AvgIpc) is 0.841. The maximum Gasteiger partial charge on any atom is 0.492 e. The molecule has 0 atom stereocenters. The third kappa shape index (κ3) is 39.9. The number of nitro groups is 2. The first-order valence-corrected chi connectivity index (χ1v) is 38.7. The SMILES string of the molecule is CCOc1ccccc1-c1cc(Cl)ncn1.CCOc1ccccc1-c1cc(Cl)ncn1.CCOc1ccccc1B(O)O.Clc1cc(Cl)ncn1.N.NS(=O)(=O)Cc1cccc([N+](=O)[O-])c1.Nc1cccc(CS(N)(=O)=O)c1.Nc1cccc(CS(N)(=O)=O)c1.O=[N+]([O-])c1cccc(CS(=O)(=O)Cl)c1. The van der Waals surface area contributed by atoms with Gasteiger partial charge >= 0.3 is 7.12 Å². The maximum atomic E-state index is 10.7. The molecule has 41 heteroatoms. The summed E-state index contributed by atoms with van der Waals surface area (Å²) in [6, 6.07) is 51.2. The first kappa shape index (κ1) is 91.7. The molecule has 0 saturated heterocycles. The molecule has 0 amide bonds. The lowest BCUT2D eigenvalue weighted by Gasteiger charge is -2.08. The first-order chi connectivity index (χ1) is 48.9. The second-order valence-electron chi connectivity index (χ2n) is 20.3. The Morgan fingerprint density at radius 3 is 1.03 bits per heavy atom. The van der Waals surface area contributed by atoms with Crippen LogP contribution in [0.25, 0.3) is 22.5 Å². The minimum Gasteiger partial charge on any atom is -0.494 e. The van der Waals surface area contributed by atoms with E-state index in [0.717, 1.165) is 34.0 Å². The summed E-state index contributed by atoms with van der Waals surface area (Å²) in [5, 5.41) is 54.6. The van der Waals surface area contributed by atoms with Crippen LogP contribution in [-0.4, -0.2) is 110 Å². The number of nitrogens with two attached hydrogens (primary N) is 5. The van der Waals surface area contributed by atoms with Crippen molar-refractivity contribution in [2.45, 2.75) is 43.8 Å². The van der Waals surface area contributed by atoms with Gasteiger partial charge in [-0.05, 0) is 97.6 Å². The van der Waals surface area contributed by atoms with Gasteiger partial charge in [-0.2, -0.15) is 0 Å². The lowest BCUT2D eigenvalue weighted by Crippen LogP contribution is -2.31. The van der Waals surface area contributed by atoms with Crippen LogP contribution < -0.4 is 52.7 Å². The Labute approximate surface area is 631 Å². The Balaban J connectivity index is 0.000000410. The van der Waals surface area contributed by atoms with E-state index in [4.69, 9.17) is 108 Å². The van der Waals surface area contributed by atoms with Crippen LogP contribution in [0.4, 0.5) is 22.7 Å². The summed E-state index contributed by atoms with van der Waals surface area (Å²) in [5.41, 5.74) is 17.3. The molecule has 0 unspecified atom stereocenters. The number of primary sulfonamides is 3. The number of hydrogen-bond acceptors (Lipinski definition) is 26. The van der Waals surface area contributed by atoms with Crippen LogP contribution in [0.2, 0.25) is 20.6 Å². The summed E-state index contributed by atoms with van der Waals surface area (Å²) in [4.78, 5) is 42.8. The molecule has 0 bridgehead atoms. The van der Waals surface area contributed by atoms with Gasteiger partial charge in [0.15, 0.2) is 0 Å². The van der Waals surface area contributed by atoms with Crippen molar-refractivity contribution in [1.82, 2.24) is 36.1 Å². The quantitative estimate of drug-likeness (QED) is 0.00931. The van der Waals surface area contributed by atoms with Gasteiger partial charge in [-0.25, -0.2) is 79.0 Å². The number of nitro benzene ring substituents is 2. The number of non-ortho nitro benzene ring substituents is 2. The first-order valence-electron chi connectivity index (χ1n) is 29.6. The molecule has 0 aliphatic rings. The van der Waals surface area contributed by atoms with Crippen molar-refractivity contribution in [3.8, 4) is 39.8 Å². The topological polar surface area (TPSA) is 533 Å². The molecule has 3 heterocycles. The molecule has 0 radical (unpaired) electrons.